The molecule has 1 aliphatic carbocycles. The zero-order valence-electron chi connectivity index (χ0n) is 13.8. The van der Waals surface area contributed by atoms with E-state index in [1.165, 1.54) is 0 Å². The van der Waals surface area contributed by atoms with Crippen molar-refractivity contribution in [1.82, 2.24) is 4.90 Å². The molecular weight excluding hydrogens is 353 g/mol. The van der Waals surface area contributed by atoms with Gasteiger partial charge in [0.15, 0.2) is 6.61 Å². The van der Waals surface area contributed by atoms with E-state index in [-0.39, 0.29) is 30.8 Å². The Bertz CT molecular complexity index is 602. The molecule has 1 fully saturated rings. The van der Waals surface area contributed by atoms with E-state index < -0.39 is 5.54 Å². The SMILES string of the molecule is CCN(CC)C(=O)COc1ccc(NC(=O)C2(N)CC2)cc1Cl.Cl. The molecule has 1 aromatic carbocycles. The molecule has 3 N–H and O–H groups in total. The van der Waals surface area contributed by atoms with Crippen LogP contribution in [0.1, 0.15) is 26.7 Å². The first-order chi connectivity index (χ1) is 10.9. The van der Waals surface area contributed by atoms with E-state index in [4.69, 9.17) is 22.1 Å². The van der Waals surface area contributed by atoms with E-state index in [0.717, 1.165) is 0 Å². The molecule has 0 aliphatic heterocycles. The quantitative estimate of drug-likeness (QED) is 0.766. The number of anilines is 1. The third kappa shape index (κ3) is 5.00. The Hall–Kier alpha value is -1.50. The molecule has 24 heavy (non-hydrogen) atoms. The lowest BCUT2D eigenvalue weighted by Gasteiger charge is -2.19. The van der Waals surface area contributed by atoms with Gasteiger partial charge in [0.2, 0.25) is 5.91 Å². The summed E-state index contributed by atoms with van der Waals surface area (Å²) in [6, 6.07) is 4.89. The molecule has 0 spiro atoms. The third-order valence-electron chi connectivity index (χ3n) is 3.90. The van der Waals surface area contributed by atoms with E-state index in [0.29, 0.717) is 42.4 Å². The molecule has 1 saturated carbocycles. The van der Waals surface area contributed by atoms with Crippen LogP contribution in [0.2, 0.25) is 5.02 Å². The smallest absolute Gasteiger partial charge is 0.260 e. The van der Waals surface area contributed by atoms with Crippen LogP contribution in [0.25, 0.3) is 0 Å². The van der Waals surface area contributed by atoms with Gasteiger partial charge in [-0.3, -0.25) is 9.59 Å². The first-order valence-electron chi connectivity index (χ1n) is 7.70. The van der Waals surface area contributed by atoms with Crippen molar-refractivity contribution in [1.29, 1.82) is 0 Å². The van der Waals surface area contributed by atoms with Gasteiger partial charge in [0.05, 0.1) is 10.6 Å². The molecular formula is C16H23Cl2N3O3. The second-order valence-corrected chi connectivity index (χ2v) is 6.02. The average molecular weight is 376 g/mol. The van der Waals surface area contributed by atoms with Crippen LogP contribution in [0.15, 0.2) is 18.2 Å². The average Bonchev–Trinajstić information content (AvgIpc) is 3.27. The number of likely N-dealkylation sites (N-methyl/N-ethyl adjacent to an activating group) is 1. The monoisotopic (exact) mass is 375 g/mol. The Balaban J connectivity index is 0.00000288. The molecule has 0 bridgehead atoms. The van der Waals surface area contributed by atoms with Crippen LogP contribution in [-0.4, -0.2) is 41.9 Å². The number of nitrogens with one attached hydrogen (secondary N) is 1. The second-order valence-electron chi connectivity index (χ2n) is 5.61. The van der Waals surface area contributed by atoms with Crippen LogP contribution in [0, 0.1) is 0 Å². The number of benzene rings is 1. The minimum absolute atomic E-state index is 0. The molecule has 0 heterocycles. The number of halogens is 2. The number of carbonyl (C=O) groups excluding carboxylic acids is 2. The minimum atomic E-state index is -0.738. The van der Waals surface area contributed by atoms with E-state index >= 15 is 0 Å². The molecule has 0 aromatic heterocycles. The summed E-state index contributed by atoms with van der Waals surface area (Å²) in [7, 11) is 0. The number of nitrogens with zero attached hydrogens (tertiary/aromatic N) is 1. The highest BCUT2D eigenvalue weighted by Gasteiger charge is 2.45. The van der Waals surface area contributed by atoms with Crippen LogP contribution in [0.3, 0.4) is 0 Å². The fourth-order valence-electron chi connectivity index (χ4n) is 2.12. The summed E-state index contributed by atoms with van der Waals surface area (Å²) in [5.74, 6) is 0.0975. The summed E-state index contributed by atoms with van der Waals surface area (Å²) in [5.41, 5.74) is 5.65. The molecule has 0 saturated heterocycles. The third-order valence-corrected chi connectivity index (χ3v) is 4.19. The van der Waals surface area contributed by atoms with Crippen molar-refractivity contribution >= 4 is 41.5 Å². The van der Waals surface area contributed by atoms with E-state index in [1.807, 2.05) is 13.8 Å². The van der Waals surface area contributed by atoms with Gasteiger partial charge in [0, 0.05) is 18.8 Å². The molecule has 0 radical (unpaired) electrons. The maximum atomic E-state index is 11.9. The van der Waals surface area contributed by atoms with E-state index in [1.54, 1.807) is 23.1 Å². The molecule has 8 heteroatoms. The highest BCUT2D eigenvalue weighted by molar-refractivity contribution is 6.32. The highest BCUT2D eigenvalue weighted by atomic mass is 35.5. The highest BCUT2D eigenvalue weighted by Crippen LogP contribution is 2.34. The summed E-state index contributed by atoms with van der Waals surface area (Å²) in [4.78, 5) is 25.5. The maximum absolute atomic E-state index is 11.9. The van der Waals surface area contributed by atoms with Crippen molar-refractivity contribution in [2.75, 3.05) is 25.0 Å². The topological polar surface area (TPSA) is 84.7 Å². The van der Waals surface area contributed by atoms with Crippen molar-refractivity contribution in [3.63, 3.8) is 0 Å². The number of carbonyl (C=O) groups is 2. The van der Waals surface area contributed by atoms with Crippen molar-refractivity contribution in [3.05, 3.63) is 23.2 Å². The molecule has 0 unspecified atom stereocenters. The van der Waals surface area contributed by atoms with Crippen LogP contribution >= 0.6 is 24.0 Å². The Morgan fingerprint density at radius 1 is 1.33 bits per heavy atom. The number of ether oxygens (including phenoxy) is 1. The summed E-state index contributed by atoms with van der Waals surface area (Å²) in [6.45, 7) is 5.03. The summed E-state index contributed by atoms with van der Waals surface area (Å²) < 4.78 is 5.46. The van der Waals surface area contributed by atoms with Crippen molar-refractivity contribution < 1.29 is 14.3 Å². The Kier molecular flexibility index (Phi) is 7.32. The van der Waals surface area contributed by atoms with Gasteiger partial charge >= 0.3 is 0 Å². The normalized spacial score (nSPS) is 14.3. The molecule has 0 atom stereocenters. The minimum Gasteiger partial charge on any atom is -0.482 e. The largest absolute Gasteiger partial charge is 0.482 e. The zero-order chi connectivity index (χ0) is 17.0. The lowest BCUT2D eigenvalue weighted by Crippen LogP contribution is -2.37. The van der Waals surface area contributed by atoms with Crippen molar-refractivity contribution in [2.45, 2.75) is 32.2 Å². The van der Waals surface area contributed by atoms with E-state index in [2.05, 4.69) is 5.32 Å². The summed E-state index contributed by atoms with van der Waals surface area (Å²) >= 11 is 6.14. The number of amides is 2. The molecule has 134 valence electrons. The van der Waals surface area contributed by atoms with Gasteiger partial charge in [-0.15, -0.1) is 12.4 Å². The fraction of sp³-hybridized carbons (Fsp3) is 0.500. The van der Waals surface area contributed by atoms with Gasteiger partial charge in [0.25, 0.3) is 5.91 Å². The Labute approximate surface area is 153 Å². The summed E-state index contributed by atoms with van der Waals surface area (Å²) in [5, 5.41) is 3.07. The second kappa shape index (κ2) is 8.55. The predicted molar refractivity (Wildman–Crippen MR) is 96.9 cm³/mol. The van der Waals surface area contributed by atoms with Gasteiger partial charge in [-0.05, 0) is 44.9 Å². The Morgan fingerprint density at radius 2 is 1.96 bits per heavy atom. The maximum Gasteiger partial charge on any atom is 0.260 e. The standard InChI is InChI=1S/C16H22ClN3O3.ClH/c1-3-20(4-2)14(21)10-23-13-6-5-11(9-12(13)17)19-15(22)16(18)7-8-16;/h5-6,9H,3-4,7-8,10,18H2,1-2H3,(H,19,22);1H. The molecule has 2 amide bonds. The van der Waals surface area contributed by atoms with Crippen LogP contribution in [0.5, 0.6) is 5.75 Å². The first-order valence-corrected chi connectivity index (χ1v) is 8.08. The number of nitrogens with two attached hydrogens (primary N) is 1. The lowest BCUT2D eigenvalue weighted by molar-refractivity contribution is -0.133. The van der Waals surface area contributed by atoms with Crippen molar-refractivity contribution in [3.8, 4) is 5.75 Å². The van der Waals surface area contributed by atoms with Gasteiger partial charge in [-0.1, -0.05) is 11.6 Å². The van der Waals surface area contributed by atoms with Crippen LogP contribution in [-0.2, 0) is 9.59 Å². The fourth-order valence-corrected chi connectivity index (χ4v) is 2.36. The molecule has 1 aliphatic rings. The van der Waals surface area contributed by atoms with Crippen molar-refractivity contribution in [2.24, 2.45) is 5.73 Å². The number of hydrogen-bond acceptors (Lipinski definition) is 4. The zero-order valence-corrected chi connectivity index (χ0v) is 15.4. The number of rotatable bonds is 7. The van der Waals surface area contributed by atoms with Crippen LogP contribution in [0.4, 0.5) is 5.69 Å². The van der Waals surface area contributed by atoms with E-state index in [9.17, 15) is 9.59 Å². The van der Waals surface area contributed by atoms with Gasteiger partial charge < -0.3 is 20.7 Å². The van der Waals surface area contributed by atoms with Gasteiger partial charge in [0.1, 0.15) is 5.75 Å². The lowest BCUT2D eigenvalue weighted by atomic mass is 10.2. The van der Waals surface area contributed by atoms with Gasteiger partial charge in [-0.25, -0.2) is 0 Å². The summed E-state index contributed by atoms with van der Waals surface area (Å²) in [6.07, 6.45) is 1.39. The van der Waals surface area contributed by atoms with Crippen LogP contribution < -0.4 is 15.8 Å². The number of hydrogen-bond donors (Lipinski definition) is 2. The molecule has 1 aromatic rings. The molecule has 2 rings (SSSR count). The van der Waals surface area contributed by atoms with Gasteiger partial charge in [-0.2, -0.15) is 0 Å². The predicted octanol–water partition coefficient (Wildman–Crippen LogP) is 2.44. The Morgan fingerprint density at radius 3 is 2.46 bits per heavy atom. The first kappa shape index (κ1) is 20.5. The molecule has 6 nitrogen and oxygen atoms in total.